The third kappa shape index (κ3) is 7.19. The van der Waals surface area contributed by atoms with Gasteiger partial charge in [-0.1, -0.05) is 28.6 Å². The molecule has 36 heavy (non-hydrogen) atoms. The number of aromatic nitrogens is 3. The van der Waals surface area contributed by atoms with Crippen LogP contribution >= 0.6 is 11.3 Å². The first-order chi connectivity index (χ1) is 16.9. The van der Waals surface area contributed by atoms with Crippen LogP contribution in [0.5, 0.6) is 0 Å². The van der Waals surface area contributed by atoms with E-state index in [0.717, 1.165) is 11.3 Å². The average Bonchev–Trinajstić information content (AvgIpc) is 3.38. The number of nitriles is 1. The highest BCUT2D eigenvalue weighted by Crippen LogP contribution is 2.25. The number of nitrogens with zero attached hydrogens (tertiary/aromatic N) is 4. The number of anilines is 1. The molecule has 0 saturated heterocycles. The van der Waals surface area contributed by atoms with Crippen LogP contribution < -0.4 is 10.6 Å². The Bertz CT molecular complexity index is 1320. The summed E-state index contributed by atoms with van der Waals surface area (Å²) in [6.45, 7) is 8.59. The summed E-state index contributed by atoms with van der Waals surface area (Å²) in [6.07, 6.45) is -0.244. The highest BCUT2D eigenvalue weighted by molar-refractivity contribution is 7.17. The Hall–Kier alpha value is -4.11. The maximum atomic E-state index is 12.8. The predicted octanol–water partition coefficient (Wildman–Crippen LogP) is 3.81. The van der Waals surface area contributed by atoms with E-state index in [9.17, 15) is 19.6 Å². The van der Waals surface area contributed by atoms with Crippen molar-refractivity contribution in [3.05, 3.63) is 46.3 Å². The molecule has 1 aromatic carbocycles. The van der Waals surface area contributed by atoms with Gasteiger partial charge in [0.15, 0.2) is 5.13 Å². The van der Waals surface area contributed by atoms with E-state index in [-0.39, 0.29) is 18.0 Å². The zero-order valence-corrected chi connectivity index (χ0v) is 21.4. The number of esters is 1. The van der Waals surface area contributed by atoms with Crippen molar-refractivity contribution in [2.75, 3.05) is 5.32 Å². The smallest absolute Gasteiger partial charge is 0.350 e. The van der Waals surface area contributed by atoms with E-state index < -0.39 is 29.4 Å². The van der Waals surface area contributed by atoms with Crippen LogP contribution in [0, 0.1) is 25.2 Å². The first kappa shape index (κ1) is 26.5. The molecule has 12 heteroatoms. The second-order valence-corrected chi connectivity index (χ2v) is 9.94. The molecule has 0 aliphatic heterocycles. The van der Waals surface area contributed by atoms with Crippen LogP contribution in [0.25, 0.3) is 11.4 Å². The normalized spacial score (nSPS) is 11.9. The SMILES string of the molecule is Cc1nc(-c2cccc(C(=O)NC(CC#N)CC(=O)Nc3nc(C)c(C(=O)OC(C)(C)C)s3)c2)no1. The molecule has 188 valence electrons. The number of ether oxygens (including phenoxy) is 1. The average molecular weight is 511 g/mol. The first-order valence-corrected chi connectivity index (χ1v) is 11.9. The summed E-state index contributed by atoms with van der Waals surface area (Å²) in [7, 11) is 0. The first-order valence-electron chi connectivity index (χ1n) is 11.0. The number of amides is 2. The molecule has 0 spiro atoms. The third-order valence-electron chi connectivity index (χ3n) is 4.64. The summed E-state index contributed by atoms with van der Waals surface area (Å²) in [6, 6.07) is 7.85. The topological polar surface area (TPSA) is 160 Å². The molecule has 0 aliphatic carbocycles. The minimum absolute atomic E-state index is 0.0804. The highest BCUT2D eigenvalue weighted by atomic mass is 32.1. The van der Waals surface area contributed by atoms with Gasteiger partial charge in [0.2, 0.25) is 17.6 Å². The van der Waals surface area contributed by atoms with Crippen LogP contribution in [-0.4, -0.2) is 44.6 Å². The zero-order chi connectivity index (χ0) is 26.5. The number of rotatable bonds is 8. The van der Waals surface area contributed by atoms with Crippen molar-refractivity contribution in [3.8, 4) is 17.5 Å². The molecule has 11 nitrogen and oxygen atoms in total. The van der Waals surface area contributed by atoms with Gasteiger partial charge in [-0.15, -0.1) is 0 Å². The van der Waals surface area contributed by atoms with Crippen LogP contribution in [-0.2, 0) is 9.53 Å². The van der Waals surface area contributed by atoms with Crippen molar-refractivity contribution in [1.82, 2.24) is 20.4 Å². The molecule has 2 aromatic heterocycles. The standard InChI is InChI=1S/C24H26N6O5S/c1-13-19(22(33)34-24(3,4)5)36-23(26-13)29-18(31)12-17(9-10-25)28-21(32)16-8-6-7-15(11-16)20-27-14(2)35-30-20/h6-8,11,17H,9,12H2,1-5H3,(H,28,32)(H,26,29,31). The Morgan fingerprint density at radius 3 is 2.61 bits per heavy atom. The van der Waals surface area contributed by atoms with E-state index >= 15 is 0 Å². The fraction of sp³-hybridized carbons (Fsp3) is 0.375. The van der Waals surface area contributed by atoms with E-state index in [1.807, 2.05) is 6.07 Å². The number of hydrogen-bond donors (Lipinski definition) is 2. The fourth-order valence-electron chi connectivity index (χ4n) is 3.13. The van der Waals surface area contributed by atoms with E-state index in [0.29, 0.717) is 33.4 Å². The number of aryl methyl sites for hydroxylation is 2. The molecule has 2 N–H and O–H groups in total. The predicted molar refractivity (Wildman–Crippen MR) is 131 cm³/mol. The van der Waals surface area contributed by atoms with Crippen molar-refractivity contribution in [1.29, 1.82) is 5.26 Å². The summed E-state index contributed by atoms with van der Waals surface area (Å²) in [5.74, 6) is -0.697. The lowest BCUT2D eigenvalue weighted by Gasteiger charge is -2.18. The minimum Gasteiger partial charge on any atom is -0.456 e. The number of nitrogens with one attached hydrogen (secondary N) is 2. The van der Waals surface area contributed by atoms with Gasteiger partial charge in [-0.05, 0) is 39.8 Å². The quantitative estimate of drug-likeness (QED) is 0.429. The fourth-order valence-corrected chi connectivity index (χ4v) is 3.99. The number of carbonyl (C=O) groups is 3. The van der Waals surface area contributed by atoms with Gasteiger partial charge in [0.1, 0.15) is 10.5 Å². The molecular weight excluding hydrogens is 484 g/mol. The Balaban J connectivity index is 1.64. The Morgan fingerprint density at radius 1 is 1.22 bits per heavy atom. The minimum atomic E-state index is -0.745. The summed E-state index contributed by atoms with van der Waals surface area (Å²) in [4.78, 5) is 46.5. The van der Waals surface area contributed by atoms with E-state index in [4.69, 9.17) is 9.26 Å². The van der Waals surface area contributed by atoms with Crippen molar-refractivity contribution >= 4 is 34.3 Å². The van der Waals surface area contributed by atoms with Crippen molar-refractivity contribution in [2.45, 2.75) is 59.1 Å². The molecule has 1 atom stereocenters. The van der Waals surface area contributed by atoms with E-state index in [2.05, 4.69) is 25.8 Å². The second kappa shape index (κ2) is 11.1. The largest absolute Gasteiger partial charge is 0.456 e. The maximum Gasteiger partial charge on any atom is 0.350 e. The lowest BCUT2D eigenvalue weighted by atomic mass is 10.1. The van der Waals surface area contributed by atoms with Gasteiger partial charge in [-0.2, -0.15) is 10.2 Å². The lowest BCUT2D eigenvalue weighted by Crippen LogP contribution is -2.37. The molecule has 0 bridgehead atoms. The molecule has 0 fully saturated rings. The van der Waals surface area contributed by atoms with Crippen LogP contribution in [0.3, 0.4) is 0 Å². The van der Waals surface area contributed by atoms with Crippen LogP contribution in [0.15, 0.2) is 28.8 Å². The number of hydrogen-bond acceptors (Lipinski definition) is 10. The van der Waals surface area contributed by atoms with Gasteiger partial charge >= 0.3 is 5.97 Å². The summed E-state index contributed by atoms with van der Waals surface area (Å²) in [5, 5.41) is 18.6. The highest BCUT2D eigenvalue weighted by Gasteiger charge is 2.24. The molecule has 3 rings (SSSR count). The maximum absolute atomic E-state index is 12.8. The van der Waals surface area contributed by atoms with Gasteiger partial charge in [0, 0.05) is 24.5 Å². The second-order valence-electron chi connectivity index (χ2n) is 8.94. The molecular formula is C24H26N6O5S. The Morgan fingerprint density at radius 2 is 1.97 bits per heavy atom. The Kier molecular flexibility index (Phi) is 8.16. The van der Waals surface area contributed by atoms with E-state index in [1.165, 1.54) is 0 Å². The Labute approximate surface area is 211 Å². The molecule has 2 heterocycles. The molecule has 1 unspecified atom stereocenters. The van der Waals surface area contributed by atoms with Crippen LogP contribution in [0.4, 0.5) is 5.13 Å². The van der Waals surface area contributed by atoms with Crippen LogP contribution in [0.1, 0.15) is 65.2 Å². The van der Waals surface area contributed by atoms with Crippen LogP contribution in [0.2, 0.25) is 0 Å². The zero-order valence-electron chi connectivity index (χ0n) is 20.5. The lowest BCUT2D eigenvalue weighted by molar-refractivity contribution is -0.116. The molecule has 0 radical (unpaired) electrons. The molecule has 0 saturated carbocycles. The molecule has 0 aliphatic rings. The number of thiazole rings is 1. The van der Waals surface area contributed by atoms with Crippen molar-refractivity contribution < 1.29 is 23.6 Å². The van der Waals surface area contributed by atoms with Gasteiger partial charge in [-0.25, -0.2) is 9.78 Å². The van der Waals surface area contributed by atoms with Gasteiger partial charge < -0.3 is 19.9 Å². The van der Waals surface area contributed by atoms with Gasteiger partial charge in [0.25, 0.3) is 5.91 Å². The third-order valence-corrected chi connectivity index (χ3v) is 5.70. The van der Waals surface area contributed by atoms with Gasteiger partial charge in [-0.3, -0.25) is 9.59 Å². The summed E-state index contributed by atoms with van der Waals surface area (Å²) in [5.41, 5.74) is 0.678. The number of carbonyl (C=O) groups excluding carboxylic acids is 3. The monoisotopic (exact) mass is 510 g/mol. The summed E-state index contributed by atoms with van der Waals surface area (Å²) < 4.78 is 10.3. The molecule has 2 amide bonds. The van der Waals surface area contributed by atoms with Crippen molar-refractivity contribution in [3.63, 3.8) is 0 Å². The summed E-state index contributed by atoms with van der Waals surface area (Å²) >= 11 is 1.000. The number of benzene rings is 1. The van der Waals surface area contributed by atoms with Crippen molar-refractivity contribution in [2.24, 2.45) is 0 Å². The molecule has 3 aromatic rings. The van der Waals surface area contributed by atoms with E-state index in [1.54, 1.807) is 58.9 Å². The van der Waals surface area contributed by atoms with Gasteiger partial charge in [0.05, 0.1) is 24.2 Å².